The molecule has 6 nitrogen and oxygen atoms in total. The summed E-state index contributed by atoms with van der Waals surface area (Å²) < 4.78 is 13.3. The summed E-state index contributed by atoms with van der Waals surface area (Å²) in [5.41, 5.74) is 12.2. The summed E-state index contributed by atoms with van der Waals surface area (Å²) in [5.74, 6) is -1.37. The Morgan fingerprint density at radius 3 is 2.74 bits per heavy atom. The fraction of sp³-hybridized carbons (Fsp3) is 0.267. The van der Waals surface area contributed by atoms with E-state index in [1.807, 2.05) is 6.92 Å². The summed E-state index contributed by atoms with van der Waals surface area (Å²) >= 11 is 5.74. The van der Waals surface area contributed by atoms with Crippen molar-refractivity contribution in [3.8, 4) is 0 Å². The fourth-order valence-electron chi connectivity index (χ4n) is 2.26. The van der Waals surface area contributed by atoms with Crippen molar-refractivity contribution >= 4 is 35.3 Å². The van der Waals surface area contributed by atoms with Crippen LogP contribution in [0.3, 0.4) is 0 Å². The van der Waals surface area contributed by atoms with Gasteiger partial charge in [0.25, 0.3) is 5.91 Å². The Balaban J connectivity index is 2.50. The smallest absolute Gasteiger partial charge is 0.252 e. The second kappa shape index (κ2) is 6.78. The van der Waals surface area contributed by atoms with Crippen LogP contribution < -0.4 is 11.5 Å². The highest BCUT2D eigenvalue weighted by atomic mass is 35.5. The van der Waals surface area contributed by atoms with E-state index in [4.69, 9.17) is 23.1 Å². The molecule has 1 aromatic rings. The summed E-state index contributed by atoms with van der Waals surface area (Å²) in [6.07, 6.45) is 0.683. The number of amides is 2. The van der Waals surface area contributed by atoms with Gasteiger partial charge in [-0.1, -0.05) is 11.6 Å². The number of aliphatic imine (C=N–C) groups is 1. The lowest BCUT2D eigenvalue weighted by Gasteiger charge is -2.29. The van der Waals surface area contributed by atoms with Gasteiger partial charge >= 0.3 is 0 Å². The van der Waals surface area contributed by atoms with Crippen LogP contribution in [0.2, 0.25) is 5.02 Å². The van der Waals surface area contributed by atoms with E-state index in [9.17, 15) is 14.0 Å². The number of hydrogen-bond donors (Lipinski definition) is 2. The van der Waals surface area contributed by atoms with Crippen LogP contribution in [0.5, 0.6) is 0 Å². The van der Waals surface area contributed by atoms with Gasteiger partial charge in [0.1, 0.15) is 5.82 Å². The lowest BCUT2D eigenvalue weighted by Crippen LogP contribution is -2.44. The topological polar surface area (TPSA) is 102 Å². The van der Waals surface area contributed by atoms with E-state index in [2.05, 4.69) is 4.99 Å². The molecule has 0 aliphatic carbocycles. The molecule has 1 unspecified atom stereocenters. The van der Waals surface area contributed by atoms with Crippen LogP contribution in [0.4, 0.5) is 4.39 Å². The summed E-state index contributed by atoms with van der Waals surface area (Å²) in [6, 6.07) is 3.76. The number of carbonyl (C=O) groups excluding carboxylic acids is 2. The van der Waals surface area contributed by atoms with Crippen LogP contribution in [0, 0.1) is 5.82 Å². The Labute approximate surface area is 137 Å². The molecule has 0 aromatic heterocycles. The SMILES string of the molecule is CC1CN=C(C(C(N)=O)=C(N)c2ccc(F)c(Cl)c2)CN1C=O. The second-order valence-corrected chi connectivity index (χ2v) is 5.60. The lowest BCUT2D eigenvalue weighted by molar-refractivity contribution is -0.119. The van der Waals surface area contributed by atoms with Gasteiger partial charge in [-0.3, -0.25) is 14.6 Å². The van der Waals surface area contributed by atoms with E-state index in [0.29, 0.717) is 24.2 Å². The van der Waals surface area contributed by atoms with Crippen LogP contribution >= 0.6 is 11.6 Å². The molecule has 1 heterocycles. The van der Waals surface area contributed by atoms with Gasteiger partial charge in [0.15, 0.2) is 0 Å². The van der Waals surface area contributed by atoms with Crippen LogP contribution in [0.25, 0.3) is 5.70 Å². The summed E-state index contributed by atoms with van der Waals surface area (Å²) in [4.78, 5) is 28.7. The third-order valence-electron chi connectivity index (χ3n) is 3.62. The number of primary amides is 1. The molecule has 0 spiro atoms. The average molecular weight is 339 g/mol. The van der Waals surface area contributed by atoms with Gasteiger partial charge in [0.05, 0.1) is 35.1 Å². The minimum atomic E-state index is -0.776. The van der Waals surface area contributed by atoms with Crippen LogP contribution in [-0.2, 0) is 9.59 Å². The molecule has 1 atom stereocenters. The molecule has 1 aliphatic rings. The third kappa shape index (κ3) is 3.50. The number of halogens is 2. The minimum absolute atomic E-state index is 0.00595. The summed E-state index contributed by atoms with van der Waals surface area (Å²) in [5, 5.41) is -0.122. The first-order valence-corrected chi connectivity index (χ1v) is 7.22. The molecule has 0 radical (unpaired) electrons. The van der Waals surface area contributed by atoms with E-state index in [0.717, 1.165) is 6.07 Å². The number of carbonyl (C=O) groups is 2. The molecule has 4 N–H and O–H groups in total. The second-order valence-electron chi connectivity index (χ2n) is 5.20. The monoisotopic (exact) mass is 338 g/mol. The fourth-order valence-corrected chi connectivity index (χ4v) is 2.44. The van der Waals surface area contributed by atoms with E-state index in [1.54, 1.807) is 0 Å². The number of rotatable bonds is 4. The van der Waals surface area contributed by atoms with Crippen LogP contribution in [0.15, 0.2) is 28.8 Å². The highest BCUT2D eigenvalue weighted by molar-refractivity contribution is 6.31. The van der Waals surface area contributed by atoms with Gasteiger partial charge in [-0.2, -0.15) is 0 Å². The zero-order valence-electron chi connectivity index (χ0n) is 12.4. The normalized spacial score (nSPS) is 19.0. The van der Waals surface area contributed by atoms with Crippen molar-refractivity contribution in [1.82, 2.24) is 4.90 Å². The number of nitrogens with zero attached hydrogens (tertiary/aromatic N) is 2. The first-order valence-electron chi connectivity index (χ1n) is 6.84. The van der Waals surface area contributed by atoms with Crippen molar-refractivity contribution in [2.45, 2.75) is 13.0 Å². The van der Waals surface area contributed by atoms with Gasteiger partial charge in [-0.05, 0) is 30.7 Å². The molecule has 2 amide bonds. The zero-order chi connectivity index (χ0) is 17.1. The van der Waals surface area contributed by atoms with E-state index in [-0.39, 0.29) is 28.9 Å². The predicted octanol–water partition coefficient (Wildman–Crippen LogP) is 0.936. The standard InChI is InChI=1S/C15H16ClFN4O2/c1-8-5-20-12(6-21(8)7-22)13(15(19)23)14(18)9-2-3-11(17)10(16)4-9/h2-4,7-8H,5-6,18H2,1H3,(H2,19,23). The Morgan fingerprint density at radius 2 is 2.17 bits per heavy atom. The van der Waals surface area contributed by atoms with Gasteiger partial charge in [-0.25, -0.2) is 4.39 Å². The number of nitrogens with two attached hydrogens (primary N) is 2. The Kier molecular flexibility index (Phi) is 5.00. The van der Waals surface area contributed by atoms with Crippen molar-refractivity contribution in [3.63, 3.8) is 0 Å². The maximum absolute atomic E-state index is 13.3. The number of benzene rings is 1. The molecular formula is C15H16ClFN4O2. The van der Waals surface area contributed by atoms with Gasteiger partial charge in [0, 0.05) is 6.04 Å². The minimum Gasteiger partial charge on any atom is -0.398 e. The Bertz CT molecular complexity index is 717. The summed E-state index contributed by atoms with van der Waals surface area (Å²) in [7, 11) is 0. The third-order valence-corrected chi connectivity index (χ3v) is 3.90. The molecule has 122 valence electrons. The molecule has 0 fully saturated rings. The van der Waals surface area contributed by atoms with E-state index >= 15 is 0 Å². The highest BCUT2D eigenvalue weighted by Crippen LogP contribution is 2.22. The molecule has 8 heteroatoms. The van der Waals surface area contributed by atoms with Crippen molar-refractivity contribution in [2.24, 2.45) is 16.5 Å². The largest absolute Gasteiger partial charge is 0.398 e. The van der Waals surface area contributed by atoms with Crippen molar-refractivity contribution in [2.75, 3.05) is 13.1 Å². The van der Waals surface area contributed by atoms with Gasteiger partial charge in [-0.15, -0.1) is 0 Å². The maximum Gasteiger partial charge on any atom is 0.252 e. The number of hydrogen-bond acceptors (Lipinski definition) is 4. The Hall–Kier alpha value is -2.41. The van der Waals surface area contributed by atoms with Crippen molar-refractivity contribution < 1.29 is 14.0 Å². The maximum atomic E-state index is 13.3. The lowest BCUT2D eigenvalue weighted by atomic mass is 10.00. The molecule has 2 rings (SSSR count). The molecule has 23 heavy (non-hydrogen) atoms. The molecule has 0 bridgehead atoms. The first-order chi connectivity index (χ1) is 10.8. The van der Waals surface area contributed by atoms with E-state index < -0.39 is 11.7 Å². The van der Waals surface area contributed by atoms with Crippen molar-refractivity contribution in [1.29, 1.82) is 0 Å². The summed E-state index contributed by atoms with van der Waals surface area (Å²) in [6.45, 7) is 2.30. The zero-order valence-corrected chi connectivity index (χ0v) is 13.2. The highest BCUT2D eigenvalue weighted by Gasteiger charge is 2.26. The predicted molar refractivity (Wildman–Crippen MR) is 86.2 cm³/mol. The molecule has 0 saturated carbocycles. The molecule has 1 aromatic carbocycles. The first kappa shape index (κ1) is 17.0. The molecular weight excluding hydrogens is 323 g/mol. The quantitative estimate of drug-likeness (QED) is 0.630. The Morgan fingerprint density at radius 1 is 1.48 bits per heavy atom. The molecule has 1 aliphatic heterocycles. The van der Waals surface area contributed by atoms with Crippen molar-refractivity contribution in [3.05, 3.63) is 40.2 Å². The van der Waals surface area contributed by atoms with Gasteiger partial charge < -0.3 is 16.4 Å². The van der Waals surface area contributed by atoms with Crippen LogP contribution in [0.1, 0.15) is 12.5 Å². The average Bonchev–Trinajstić information content (AvgIpc) is 2.51. The van der Waals surface area contributed by atoms with Crippen LogP contribution in [-0.4, -0.2) is 42.1 Å². The molecule has 0 saturated heterocycles. The van der Waals surface area contributed by atoms with Gasteiger partial charge in [0.2, 0.25) is 6.41 Å². The van der Waals surface area contributed by atoms with E-state index in [1.165, 1.54) is 17.0 Å².